The minimum absolute atomic E-state index is 0.173. The van der Waals surface area contributed by atoms with Crippen molar-refractivity contribution in [1.29, 1.82) is 0 Å². The molecule has 19 heavy (non-hydrogen) atoms. The fourth-order valence-corrected chi connectivity index (χ4v) is 2.62. The molecule has 100 valence electrons. The molecule has 1 unspecified atom stereocenters. The minimum atomic E-state index is 0.173. The molecule has 0 saturated heterocycles. The van der Waals surface area contributed by atoms with Gasteiger partial charge < -0.3 is 5.32 Å². The van der Waals surface area contributed by atoms with E-state index in [1.165, 1.54) is 16.7 Å². The van der Waals surface area contributed by atoms with Gasteiger partial charge in [0.2, 0.25) is 0 Å². The third-order valence-electron chi connectivity index (χ3n) is 3.14. The van der Waals surface area contributed by atoms with E-state index >= 15 is 0 Å². The van der Waals surface area contributed by atoms with Gasteiger partial charge >= 0.3 is 0 Å². The largest absolute Gasteiger partial charge is 0.306 e. The number of rotatable bonds is 4. The predicted molar refractivity (Wildman–Crippen MR) is 83.4 cm³/mol. The minimum Gasteiger partial charge on any atom is -0.306 e. The SMILES string of the molecule is CCNC(c1ccc(C)nc1)c1cc(C)ccc1Br. The lowest BCUT2D eigenvalue weighted by atomic mass is 9.98. The van der Waals surface area contributed by atoms with Crippen molar-refractivity contribution in [3.8, 4) is 0 Å². The number of aromatic nitrogens is 1. The van der Waals surface area contributed by atoms with Crippen molar-refractivity contribution in [2.45, 2.75) is 26.8 Å². The Morgan fingerprint density at radius 2 is 2.00 bits per heavy atom. The van der Waals surface area contributed by atoms with Crippen molar-refractivity contribution < 1.29 is 0 Å². The fourth-order valence-electron chi connectivity index (χ4n) is 2.15. The molecular weight excluding hydrogens is 300 g/mol. The molecule has 0 amide bonds. The Morgan fingerprint density at radius 1 is 1.21 bits per heavy atom. The Bertz CT molecular complexity index is 549. The normalized spacial score (nSPS) is 12.4. The first-order valence-electron chi connectivity index (χ1n) is 6.53. The van der Waals surface area contributed by atoms with E-state index in [1.807, 2.05) is 13.1 Å². The van der Waals surface area contributed by atoms with Crippen LogP contribution < -0.4 is 5.32 Å². The van der Waals surface area contributed by atoms with Crippen molar-refractivity contribution in [3.05, 3.63) is 63.4 Å². The molecule has 0 aliphatic heterocycles. The van der Waals surface area contributed by atoms with E-state index in [4.69, 9.17) is 0 Å². The Hall–Kier alpha value is -1.19. The molecule has 0 radical (unpaired) electrons. The highest BCUT2D eigenvalue weighted by atomic mass is 79.9. The van der Waals surface area contributed by atoms with Crippen LogP contribution in [-0.4, -0.2) is 11.5 Å². The maximum absolute atomic E-state index is 4.40. The summed E-state index contributed by atoms with van der Waals surface area (Å²) in [7, 11) is 0. The van der Waals surface area contributed by atoms with Gasteiger partial charge in [0.25, 0.3) is 0 Å². The number of pyridine rings is 1. The van der Waals surface area contributed by atoms with Crippen molar-refractivity contribution >= 4 is 15.9 Å². The van der Waals surface area contributed by atoms with Crippen LogP contribution in [0.15, 0.2) is 41.0 Å². The topological polar surface area (TPSA) is 24.9 Å². The zero-order valence-corrected chi connectivity index (χ0v) is 13.2. The molecule has 0 bridgehead atoms. The molecule has 1 aromatic heterocycles. The molecule has 2 aromatic rings. The van der Waals surface area contributed by atoms with Crippen LogP contribution in [0.25, 0.3) is 0 Å². The number of nitrogens with one attached hydrogen (secondary N) is 1. The first-order chi connectivity index (χ1) is 9.11. The number of halogens is 1. The number of hydrogen-bond acceptors (Lipinski definition) is 2. The molecule has 0 aliphatic rings. The highest BCUT2D eigenvalue weighted by molar-refractivity contribution is 9.10. The number of hydrogen-bond donors (Lipinski definition) is 1. The Labute approximate surface area is 123 Å². The molecule has 2 rings (SSSR count). The van der Waals surface area contributed by atoms with E-state index in [0.717, 1.165) is 16.7 Å². The Kier molecular flexibility index (Phi) is 4.72. The lowest BCUT2D eigenvalue weighted by molar-refractivity contribution is 0.626. The highest BCUT2D eigenvalue weighted by Gasteiger charge is 2.16. The lowest BCUT2D eigenvalue weighted by Gasteiger charge is -2.20. The Morgan fingerprint density at radius 3 is 2.63 bits per heavy atom. The van der Waals surface area contributed by atoms with E-state index in [-0.39, 0.29) is 6.04 Å². The van der Waals surface area contributed by atoms with Crippen LogP contribution >= 0.6 is 15.9 Å². The van der Waals surface area contributed by atoms with Gasteiger partial charge in [-0.15, -0.1) is 0 Å². The molecule has 1 aromatic carbocycles. The zero-order chi connectivity index (χ0) is 13.8. The summed E-state index contributed by atoms with van der Waals surface area (Å²) >= 11 is 3.65. The first-order valence-corrected chi connectivity index (χ1v) is 7.33. The summed E-state index contributed by atoms with van der Waals surface area (Å²) in [5, 5.41) is 3.53. The van der Waals surface area contributed by atoms with Gasteiger partial charge in [0.05, 0.1) is 6.04 Å². The molecular formula is C16H19BrN2. The van der Waals surface area contributed by atoms with Gasteiger partial charge in [0, 0.05) is 16.4 Å². The summed E-state index contributed by atoms with van der Waals surface area (Å²) in [5.41, 5.74) is 4.76. The molecule has 0 aliphatic carbocycles. The maximum Gasteiger partial charge on any atom is 0.0603 e. The average molecular weight is 319 g/mol. The molecule has 3 heteroatoms. The molecule has 1 atom stereocenters. The monoisotopic (exact) mass is 318 g/mol. The van der Waals surface area contributed by atoms with Crippen LogP contribution in [0.1, 0.15) is 35.3 Å². The van der Waals surface area contributed by atoms with Gasteiger partial charge in [-0.05, 0) is 43.7 Å². The van der Waals surface area contributed by atoms with Crippen LogP contribution in [0, 0.1) is 13.8 Å². The molecule has 0 saturated carbocycles. The van der Waals surface area contributed by atoms with Gasteiger partial charge in [0.15, 0.2) is 0 Å². The van der Waals surface area contributed by atoms with E-state index in [9.17, 15) is 0 Å². The summed E-state index contributed by atoms with van der Waals surface area (Å²) in [6.45, 7) is 7.16. The van der Waals surface area contributed by atoms with Gasteiger partial charge in [-0.2, -0.15) is 0 Å². The molecule has 1 heterocycles. The number of aryl methyl sites for hydroxylation is 2. The van der Waals surface area contributed by atoms with Crippen molar-refractivity contribution in [2.75, 3.05) is 6.54 Å². The second kappa shape index (κ2) is 6.31. The first kappa shape index (κ1) is 14.2. The summed E-state index contributed by atoms with van der Waals surface area (Å²) in [5.74, 6) is 0. The van der Waals surface area contributed by atoms with Crippen LogP contribution in [0.5, 0.6) is 0 Å². The third-order valence-corrected chi connectivity index (χ3v) is 3.86. The predicted octanol–water partition coefficient (Wildman–Crippen LogP) is 4.16. The maximum atomic E-state index is 4.40. The van der Waals surface area contributed by atoms with Crippen molar-refractivity contribution in [3.63, 3.8) is 0 Å². The average Bonchev–Trinajstić information content (AvgIpc) is 2.40. The van der Waals surface area contributed by atoms with E-state index in [2.05, 4.69) is 70.4 Å². The highest BCUT2D eigenvalue weighted by Crippen LogP contribution is 2.29. The zero-order valence-electron chi connectivity index (χ0n) is 11.6. The molecule has 0 fully saturated rings. The standard InChI is InChI=1S/C16H19BrN2/c1-4-18-16(13-7-6-12(3)19-10-13)14-9-11(2)5-8-15(14)17/h5-10,16,18H,4H2,1-3H3. The van der Waals surface area contributed by atoms with Gasteiger partial charge in [-0.3, -0.25) is 4.98 Å². The van der Waals surface area contributed by atoms with Gasteiger partial charge in [-0.1, -0.05) is 46.6 Å². The lowest BCUT2D eigenvalue weighted by Crippen LogP contribution is -2.22. The van der Waals surface area contributed by atoms with E-state index in [0.29, 0.717) is 0 Å². The molecule has 2 nitrogen and oxygen atoms in total. The molecule has 0 spiro atoms. The quantitative estimate of drug-likeness (QED) is 0.915. The number of benzene rings is 1. The van der Waals surface area contributed by atoms with Gasteiger partial charge in [0.1, 0.15) is 0 Å². The van der Waals surface area contributed by atoms with Crippen molar-refractivity contribution in [2.24, 2.45) is 0 Å². The summed E-state index contributed by atoms with van der Waals surface area (Å²) in [6, 6.07) is 10.8. The second-order valence-corrected chi connectivity index (χ2v) is 5.60. The van der Waals surface area contributed by atoms with E-state index in [1.54, 1.807) is 0 Å². The molecule has 1 N–H and O–H groups in total. The van der Waals surface area contributed by atoms with Crippen LogP contribution in [0.3, 0.4) is 0 Å². The number of nitrogens with zero attached hydrogens (tertiary/aromatic N) is 1. The van der Waals surface area contributed by atoms with Crippen LogP contribution in [-0.2, 0) is 0 Å². The van der Waals surface area contributed by atoms with Crippen LogP contribution in [0.4, 0.5) is 0 Å². The van der Waals surface area contributed by atoms with Crippen LogP contribution in [0.2, 0.25) is 0 Å². The fraction of sp³-hybridized carbons (Fsp3) is 0.312. The van der Waals surface area contributed by atoms with E-state index < -0.39 is 0 Å². The third kappa shape index (κ3) is 3.43. The smallest absolute Gasteiger partial charge is 0.0603 e. The second-order valence-electron chi connectivity index (χ2n) is 4.75. The van der Waals surface area contributed by atoms with Crippen molar-refractivity contribution in [1.82, 2.24) is 10.3 Å². The summed E-state index contributed by atoms with van der Waals surface area (Å²) in [6.07, 6.45) is 1.96. The Balaban J connectivity index is 2.44. The van der Waals surface area contributed by atoms with Gasteiger partial charge in [-0.25, -0.2) is 0 Å². The summed E-state index contributed by atoms with van der Waals surface area (Å²) in [4.78, 5) is 4.40. The summed E-state index contributed by atoms with van der Waals surface area (Å²) < 4.78 is 1.13.